The van der Waals surface area contributed by atoms with Crippen LogP contribution in [0.3, 0.4) is 0 Å². The van der Waals surface area contributed by atoms with Gasteiger partial charge < -0.3 is 20.9 Å². The van der Waals surface area contributed by atoms with Crippen LogP contribution in [0.4, 0.5) is 0 Å². The van der Waals surface area contributed by atoms with Crippen molar-refractivity contribution < 1.29 is 4.79 Å². The fraction of sp³-hybridized carbons (Fsp3) is 0.483. The molecular weight excluding hydrogens is 420 g/mol. The molecule has 1 aliphatic rings. The van der Waals surface area contributed by atoms with E-state index in [0.717, 1.165) is 61.4 Å². The average molecular weight is 465 g/mol. The fourth-order valence-electron chi connectivity index (χ4n) is 4.26. The predicted molar refractivity (Wildman–Crippen MR) is 144 cm³/mol. The minimum absolute atomic E-state index is 0.0405. The predicted octanol–water partition coefficient (Wildman–Crippen LogP) is 5.06. The van der Waals surface area contributed by atoms with Crippen LogP contribution >= 0.6 is 0 Å². The third-order valence-electron chi connectivity index (χ3n) is 6.40. The topological polar surface area (TPSA) is 56.4 Å². The summed E-state index contributed by atoms with van der Waals surface area (Å²) in [6.07, 6.45) is 6.11. The summed E-state index contributed by atoms with van der Waals surface area (Å²) >= 11 is 0. The number of carbonyl (C=O) groups excluding carboxylic acids is 1. The third-order valence-corrected chi connectivity index (χ3v) is 6.40. The highest BCUT2D eigenvalue weighted by molar-refractivity contribution is 5.77. The lowest BCUT2D eigenvalue weighted by molar-refractivity contribution is -0.118. The molecule has 1 aliphatic heterocycles. The Labute approximate surface area is 207 Å². The Morgan fingerprint density at radius 2 is 1.68 bits per heavy atom. The van der Waals surface area contributed by atoms with E-state index >= 15 is 0 Å². The molecule has 1 fully saturated rings. The Hall–Kier alpha value is -2.95. The van der Waals surface area contributed by atoms with Gasteiger partial charge in [-0.15, -0.1) is 0 Å². The molecule has 5 heteroatoms. The molecule has 34 heavy (non-hydrogen) atoms. The van der Waals surface area contributed by atoms with Crippen molar-refractivity contribution >= 4 is 5.78 Å². The SMILES string of the molecule is C=C1CN(CC)C(=C)C(Cc2ccccc2)NC(=C)CNC(=C)C(CCCCCC(=O)CC)N1. The van der Waals surface area contributed by atoms with Gasteiger partial charge in [0.2, 0.25) is 0 Å². The second-order valence-corrected chi connectivity index (χ2v) is 9.17. The molecule has 2 rings (SSSR count). The zero-order valence-electron chi connectivity index (χ0n) is 21.3. The van der Waals surface area contributed by atoms with Gasteiger partial charge in [0.25, 0.3) is 0 Å². The van der Waals surface area contributed by atoms with E-state index < -0.39 is 0 Å². The Balaban J connectivity index is 2.06. The van der Waals surface area contributed by atoms with E-state index in [9.17, 15) is 4.79 Å². The molecule has 0 amide bonds. The molecule has 0 spiro atoms. The number of unbranched alkanes of at least 4 members (excludes halogenated alkanes) is 2. The van der Waals surface area contributed by atoms with Crippen LogP contribution in [0.25, 0.3) is 0 Å². The molecule has 186 valence electrons. The number of hydrogen-bond acceptors (Lipinski definition) is 5. The van der Waals surface area contributed by atoms with Crippen molar-refractivity contribution in [1.82, 2.24) is 20.9 Å². The van der Waals surface area contributed by atoms with Crippen LogP contribution in [0.2, 0.25) is 0 Å². The molecule has 1 aromatic rings. The molecule has 0 bridgehead atoms. The number of ketones is 1. The van der Waals surface area contributed by atoms with Gasteiger partial charge in [0.05, 0.1) is 25.2 Å². The van der Waals surface area contributed by atoms with Crippen LogP contribution < -0.4 is 16.0 Å². The number of benzene rings is 1. The highest BCUT2D eigenvalue weighted by Gasteiger charge is 2.22. The van der Waals surface area contributed by atoms with Crippen molar-refractivity contribution in [1.29, 1.82) is 0 Å². The Morgan fingerprint density at radius 3 is 2.35 bits per heavy atom. The second kappa shape index (κ2) is 14.3. The van der Waals surface area contributed by atoms with Gasteiger partial charge in [0.15, 0.2) is 0 Å². The maximum absolute atomic E-state index is 11.6. The molecule has 0 saturated carbocycles. The van der Waals surface area contributed by atoms with E-state index in [1.807, 2.05) is 13.0 Å². The summed E-state index contributed by atoms with van der Waals surface area (Å²) in [6, 6.07) is 10.6. The average Bonchev–Trinajstić information content (AvgIpc) is 2.83. The summed E-state index contributed by atoms with van der Waals surface area (Å²) in [5.41, 5.74) is 5.10. The van der Waals surface area contributed by atoms with Crippen molar-refractivity contribution in [2.45, 2.75) is 70.9 Å². The molecule has 0 radical (unpaired) electrons. The molecule has 3 N–H and O–H groups in total. The summed E-state index contributed by atoms with van der Waals surface area (Å²) in [5.74, 6) is 0.347. The maximum atomic E-state index is 11.6. The van der Waals surface area contributed by atoms with Gasteiger partial charge in [-0.2, -0.15) is 0 Å². The van der Waals surface area contributed by atoms with Crippen LogP contribution in [-0.4, -0.2) is 42.4 Å². The maximum Gasteiger partial charge on any atom is 0.132 e. The van der Waals surface area contributed by atoms with Crippen LogP contribution in [0.5, 0.6) is 0 Å². The zero-order chi connectivity index (χ0) is 24.9. The number of nitrogens with one attached hydrogen (secondary N) is 3. The van der Waals surface area contributed by atoms with E-state index in [2.05, 4.69) is 78.4 Å². The molecule has 2 atom stereocenters. The zero-order valence-corrected chi connectivity index (χ0v) is 21.3. The van der Waals surface area contributed by atoms with Crippen molar-refractivity contribution in [3.8, 4) is 0 Å². The number of carbonyl (C=O) groups is 1. The van der Waals surface area contributed by atoms with E-state index in [1.165, 1.54) is 5.56 Å². The molecule has 1 saturated heterocycles. The molecule has 0 aromatic heterocycles. The van der Waals surface area contributed by atoms with Crippen LogP contribution in [0, 0.1) is 0 Å². The summed E-state index contributed by atoms with van der Waals surface area (Å²) in [4.78, 5) is 13.8. The summed E-state index contributed by atoms with van der Waals surface area (Å²) < 4.78 is 0. The first-order chi connectivity index (χ1) is 16.3. The first kappa shape index (κ1) is 27.3. The Morgan fingerprint density at radius 1 is 0.971 bits per heavy atom. The van der Waals surface area contributed by atoms with E-state index in [4.69, 9.17) is 0 Å². The summed E-state index contributed by atoms with van der Waals surface area (Å²) in [5, 5.41) is 10.7. The van der Waals surface area contributed by atoms with Gasteiger partial charge in [-0.3, -0.25) is 4.79 Å². The monoisotopic (exact) mass is 464 g/mol. The molecule has 1 heterocycles. The highest BCUT2D eigenvalue weighted by Crippen LogP contribution is 2.18. The van der Waals surface area contributed by atoms with Gasteiger partial charge in [0.1, 0.15) is 5.78 Å². The number of nitrogens with zero attached hydrogens (tertiary/aromatic N) is 1. The molecule has 1 aromatic carbocycles. The molecule has 0 aliphatic carbocycles. The van der Waals surface area contributed by atoms with Gasteiger partial charge >= 0.3 is 0 Å². The number of rotatable bonds is 10. The lowest BCUT2D eigenvalue weighted by Gasteiger charge is -2.35. The van der Waals surface area contributed by atoms with Crippen molar-refractivity contribution in [2.75, 3.05) is 19.6 Å². The first-order valence-electron chi connectivity index (χ1n) is 12.6. The normalized spacial score (nSPS) is 20.0. The molecule has 5 nitrogen and oxygen atoms in total. The summed E-state index contributed by atoms with van der Waals surface area (Å²) in [6.45, 7) is 23.5. The van der Waals surface area contributed by atoms with Crippen LogP contribution in [0.1, 0.15) is 57.9 Å². The van der Waals surface area contributed by atoms with E-state index in [-0.39, 0.29) is 12.1 Å². The second-order valence-electron chi connectivity index (χ2n) is 9.17. The molecule has 2 unspecified atom stereocenters. The molecular formula is C29H44N4O. The number of likely N-dealkylation sites (N-methyl/N-ethyl adjacent to an activating group) is 1. The van der Waals surface area contributed by atoms with Crippen LogP contribution in [0.15, 0.2) is 79.4 Å². The lowest BCUT2D eigenvalue weighted by Crippen LogP contribution is -2.45. The quantitative estimate of drug-likeness (QED) is 0.423. The minimum atomic E-state index is 0.0405. The van der Waals surface area contributed by atoms with Gasteiger partial charge in [-0.25, -0.2) is 0 Å². The van der Waals surface area contributed by atoms with E-state index in [1.54, 1.807) is 0 Å². The Bertz CT molecular complexity index is 845. The lowest BCUT2D eigenvalue weighted by atomic mass is 10.0. The standard InChI is InChI=1S/C29H44N4O/c1-7-27(34)17-13-10-14-18-28-24(5)30-20-22(3)31-29(19-26-15-11-9-12-16-26)25(6)33(8-2)21-23(4)32-28/h9,11-12,15-16,28-32H,3-8,10,13-14,17-21H2,1-2H3. The van der Waals surface area contributed by atoms with Gasteiger partial charge in [-0.05, 0) is 31.7 Å². The first-order valence-corrected chi connectivity index (χ1v) is 12.6. The largest absolute Gasteiger partial charge is 0.382 e. The smallest absolute Gasteiger partial charge is 0.132 e. The fourth-order valence-corrected chi connectivity index (χ4v) is 4.26. The third kappa shape index (κ3) is 9.12. The van der Waals surface area contributed by atoms with Gasteiger partial charge in [0, 0.05) is 42.2 Å². The summed E-state index contributed by atoms with van der Waals surface area (Å²) in [7, 11) is 0. The van der Waals surface area contributed by atoms with Crippen LogP contribution in [-0.2, 0) is 11.2 Å². The van der Waals surface area contributed by atoms with Gasteiger partial charge in [-0.1, -0.05) is 76.4 Å². The van der Waals surface area contributed by atoms with Crippen molar-refractivity contribution in [3.05, 3.63) is 85.0 Å². The number of Topliss-reactive ketones (excluding diaryl/α,β-unsaturated/α-hetero) is 1. The van der Waals surface area contributed by atoms with E-state index in [0.29, 0.717) is 31.7 Å². The number of hydrogen-bond donors (Lipinski definition) is 3. The Kier molecular flexibility index (Phi) is 11.5. The van der Waals surface area contributed by atoms with Crippen molar-refractivity contribution in [3.63, 3.8) is 0 Å². The van der Waals surface area contributed by atoms with Crippen molar-refractivity contribution in [2.24, 2.45) is 0 Å². The minimum Gasteiger partial charge on any atom is -0.382 e. The highest BCUT2D eigenvalue weighted by atomic mass is 16.1.